The number of likely N-dealkylation sites (N-methyl/N-ethyl adjacent to an activating group) is 1. The number of ether oxygens (including phenoxy) is 1. The van der Waals surface area contributed by atoms with Crippen molar-refractivity contribution in [3.8, 4) is 17.7 Å². The van der Waals surface area contributed by atoms with E-state index in [0.717, 1.165) is 38.5 Å². The van der Waals surface area contributed by atoms with Gasteiger partial charge in [-0.05, 0) is 38.7 Å². The fraction of sp³-hybridized carbons (Fsp3) is 0.667. The second-order valence-corrected chi connectivity index (χ2v) is 10.3. The average molecular weight is 468 g/mol. The molecular weight excluding hydrogens is 430 g/mol. The van der Waals surface area contributed by atoms with E-state index in [4.69, 9.17) is 4.74 Å². The van der Waals surface area contributed by atoms with E-state index in [1.165, 1.54) is 6.42 Å². The van der Waals surface area contributed by atoms with Crippen LogP contribution in [0.1, 0.15) is 74.7 Å². The molecule has 1 aliphatic heterocycles. The summed E-state index contributed by atoms with van der Waals surface area (Å²) in [4.78, 5) is 34.5. The number of nitrogens with zero attached hydrogens (tertiary/aromatic N) is 3. The molecule has 184 valence electrons. The molecule has 0 aromatic carbocycles. The van der Waals surface area contributed by atoms with Crippen molar-refractivity contribution in [2.45, 2.75) is 70.9 Å². The highest BCUT2D eigenvalue weighted by molar-refractivity contribution is 5.97. The van der Waals surface area contributed by atoms with Crippen molar-refractivity contribution < 1.29 is 19.4 Å². The number of aromatic nitrogens is 1. The summed E-state index contributed by atoms with van der Waals surface area (Å²) in [5, 5.41) is 9.82. The minimum atomic E-state index is -0.343. The normalized spacial score (nSPS) is 24.1. The third-order valence-corrected chi connectivity index (χ3v) is 7.30. The van der Waals surface area contributed by atoms with Gasteiger partial charge in [-0.25, -0.2) is 4.98 Å². The highest BCUT2D eigenvalue weighted by Crippen LogP contribution is 2.30. The maximum absolute atomic E-state index is 13.5. The molecule has 2 heterocycles. The second-order valence-electron chi connectivity index (χ2n) is 10.3. The topological polar surface area (TPSA) is 83.0 Å². The average Bonchev–Trinajstić information content (AvgIpc) is 3.69. The lowest BCUT2D eigenvalue weighted by atomic mass is 9.88. The van der Waals surface area contributed by atoms with Gasteiger partial charge in [0.25, 0.3) is 5.91 Å². The molecule has 0 radical (unpaired) electrons. The Morgan fingerprint density at radius 1 is 1.29 bits per heavy atom. The minimum absolute atomic E-state index is 0.0520. The van der Waals surface area contributed by atoms with Crippen LogP contribution in [0.25, 0.3) is 0 Å². The maximum Gasteiger partial charge on any atom is 0.259 e. The van der Waals surface area contributed by atoms with Gasteiger partial charge < -0.3 is 19.6 Å². The first-order valence-corrected chi connectivity index (χ1v) is 12.7. The van der Waals surface area contributed by atoms with Crippen LogP contribution in [0.4, 0.5) is 0 Å². The summed E-state index contributed by atoms with van der Waals surface area (Å²) < 4.78 is 6.32. The van der Waals surface area contributed by atoms with Crippen molar-refractivity contribution in [1.82, 2.24) is 14.8 Å². The molecule has 0 unspecified atom stereocenters. The Kier molecular flexibility index (Phi) is 7.77. The number of hydrogen-bond acceptors (Lipinski definition) is 5. The van der Waals surface area contributed by atoms with Gasteiger partial charge in [-0.2, -0.15) is 0 Å². The zero-order valence-electron chi connectivity index (χ0n) is 20.6. The van der Waals surface area contributed by atoms with Gasteiger partial charge in [-0.1, -0.05) is 38.0 Å². The summed E-state index contributed by atoms with van der Waals surface area (Å²) in [6.45, 7) is 4.58. The Balaban J connectivity index is 1.59. The van der Waals surface area contributed by atoms with Crippen LogP contribution in [-0.4, -0.2) is 70.6 Å². The predicted octanol–water partition coefficient (Wildman–Crippen LogP) is 3.10. The van der Waals surface area contributed by atoms with E-state index in [1.54, 1.807) is 22.1 Å². The zero-order chi connectivity index (χ0) is 24.2. The summed E-state index contributed by atoms with van der Waals surface area (Å²) in [7, 11) is 1.84. The molecule has 1 N–H and O–H groups in total. The Morgan fingerprint density at radius 3 is 2.71 bits per heavy atom. The zero-order valence-corrected chi connectivity index (χ0v) is 20.6. The van der Waals surface area contributed by atoms with Crippen molar-refractivity contribution in [2.24, 2.45) is 17.8 Å². The van der Waals surface area contributed by atoms with Gasteiger partial charge in [-0.3, -0.25) is 9.59 Å². The van der Waals surface area contributed by atoms with E-state index in [9.17, 15) is 14.7 Å². The summed E-state index contributed by atoms with van der Waals surface area (Å²) >= 11 is 0. The number of pyridine rings is 1. The van der Waals surface area contributed by atoms with Crippen LogP contribution in [0, 0.1) is 29.6 Å². The highest BCUT2D eigenvalue weighted by Gasteiger charge is 2.35. The molecule has 1 aromatic rings. The largest absolute Gasteiger partial charge is 0.472 e. The number of fused-ring (bicyclic) bond motifs is 1. The Hall–Kier alpha value is -2.59. The van der Waals surface area contributed by atoms with E-state index >= 15 is 0 Å². The van der Waals surface area contributed by atoms with E-state index in [-0.39, 0.29) is 48.3 Å². The predicted molar refractivity (Wildman–Crippen MR) is 129 cm³/mol. The quantitative estimate of drug-likeness (QED) is 0.673. The van der Waals surface area contributed by atoms with Crippen molar-refractivity contribution in [1.29, 1.82) is 0 Å². The minimum Gasteiger partial charge on any atom is -0.472 e. The molecule has 4 rings (SSSR count). The van der Waals surface area contributed by atoms with Crippen LogP contribution < -0.4 is 4.74 Å². The molecule has 34 heavy (non-hydrogen) atoms. The Labute approximate surface area is 202 Å². The smallest absolute Gasteiger partial charge is 0.259 e. The molecular formula is C27H37N3O4. The van der Waals surface area contributed by atoms with Gasteiger partial charge in [-0.15, -0.1) is 0 Å². The lowest BCUT2D eigenvalue weighted by molar-refractivity contribution is -0.136. The molecule has 0 saturated heterocycles. The van der Waals surface area contributed by atoms with E-state index in [2.05, 4.69) is 16.8 Å². The fourth-order valence-corrected chi connectivity index (χ4v) is 4.82. The molecule has 0 spiro atoms. The molecule has 0 bridgehead atoms. The first-order valence-electron chi connectivity index (χ1n) is 12.7. The lowest BCUT2D eigenvalue weighted by Crippen LogP contribution is -2.51. The Bertz CT molecular complexity index is 958. The third kappa shape index (κ3) is 5.72. The second kappa shape index (κ2) is 10.8. The standard InChI is InChI=1S/C27H37N3O4/c1-18-15-30(19(2)17-31)27(33)23-13-21(12-11-20-9-10-20)14-28-25(23)34-24(18)16-29(3)26(32)22-7-5-4-6-8-22/h13-14,18-20,22,24,31H,4-10,15-17H2,1-3H3/t18-,19-,24+/m0/s1. The first-order chi connectivity index (χ1) is 16.4. The van der Waals surface area contributed by atoms with Crippen molar-refractivity contribution in [2.75, 3.05) is 26.7 Å². The molecule has 2 aliphatic carbocycles. The van der Waals surface area contributed by atoms with Gasteiger partial charge in [0.1, 0.15) is 11.7 Å². The van der Waals surface area contributed by atoms with Crippen LogP contribution in [0.15, 0.2) is 12.3 Å². The molecule has 2 saturated carbocycles. The molecule has 1 aromatic heterocycles. The van der Waals surface area contributed by atoms with Gasteiger partial charge in [0.2, 0.25) is 11.8 Å². The van der Waals surface area contributed by atoms with Crippen LogP contribution in [-0.2, 0) is 4.79 Å². The Morgan fingerprint density at radius 2 is 2.03 bits per heavy atom. The number of rotatable bonds is 5. The van der Waals surface area contributed by atoms with Crippen molar-refractivity contribution in [3.05, 3.63) is 23.4 Å². The molecule has 7 heteroatoms. The van der Waals surface area contributed by atoms with Gasteiger partial charge >= 0.3 is 0 Å². The molecule has 7 nitrogen and oxygen atoms in total. The van der Waals surface area contributed by atoms with Crippen LogP contribution >= 0.6 is 0 Å². The van der Waals surface area contributed by atoms with Gasteiger partial charge in [0, 0.05) is 43.1 Å². The van der Waals surface area contributed by atoms with Crippen molar-refractivity contribution in [3.63, 3.8) is 0 Å². The van der Waals surface area contributed by atoms with E-state index in [1.807, 2.05) is 20.9 Å². The summed E-state index contributed by atoms with van der Waals surface area (Å²) in [5.74, 6) is 7.07. The van der Waals surface area contributed by atoms with Crippen LogP contribution in [0.3, 0.4) is 0 Å². The summed E-state index contributed by atoms with van der Waals surface area (Å²) in [6.07, 6.45) is 8.92. The SMILES string of the molecule is C[C@H]1CN([C@@H](C)CO)C(=O)c2cc(C#CC3CC3)cnc2O[C@@H]1CN(C)C(=O)C1CCCCC1. The molecule has 2 amide bonds. The third-order valence-electron chi connectivity index (χ3n) is 7.30. The van der Waals surface area contributed by atoms with Crippen LogP contribution in [0.2, 0.25) is 0 Å². The lowest BCUT2D eigenvalue weighted by Gasteiger charge is -2.38. The molecule has 3 atom stereocenters. The number of amides is 2. The number of aliphatic hydroxyl groups is 1. The number of carbonyl (C=O) groups excluding carboxylic acids is 2. The molecule has 3 aliphatic rings. The van der Waals surface area contributed by atoms with Gasteiger partial charge in [0.15, 0.2) is 0 Å². The first kappa shape index (κ1) is 24.5. The number of aliphatic hydroxyl groups excluding tert-OH is 1. The summed E-state index contributed by atoms with van der Waals surface area (Å²) in [5.41, 5.74) is 1.05. The number of hydrogen-bond donors (Lipinski definition) is 1. The molecule has 2 fully saturated rings. The number of carbonyl (C=O) groups is 2. The highest BCUT2D eigenvalue weighted by atomic mass is 16.5. The maximum atomic E-state index is 13.5. The fourth-order valence-electron chi connectivity index (χ4n) is 4.82. The van der Waals surface area contributed by atoms with E-state index < -0.39 is 0 Å². The van der Waals surface area contributed by atoms with Crippen LogP contribution in [0.5, 0.6) is 5.88 Å². The van der Waals surface area contributed by atoms with Gasteiger partial charge in [0.05, 0.1) is 19.2 Å². The summed E-state index contributed by atoms with van der Waals surface area (Å²) in [6, 6.07) is 1.41. The van der Waals surface area contributed by atoms with Crippen molar-refractivity contribution >= 4 is 11.8 Å². The monoisotopic (exact) mass is 467 g/mol. The van der Waals surface area contributed by atoms with E-state index in [0.29, 0.717) is 30.1 Å².